The second-order valence-electron chi connectivity index (χ2n) is 7.96. The van der Waals surface area contributed by atoms with Crippen LogP contribution in [0.15, 0.2) is 36.7 Å². The number of amides is 1. The normalized spacial score (nSPS) is 17.2. The molecule has 27 heavy (non-hydrogen) atoms. The standard InChI is InChI=1S/C22H29N3O2/c1-27-20-10-8-18(9-11-20)14-24-13-12-23-21(24)16-25(15-17-6-7-17)22(26)19-4-2-3-5-19/h8-13,17,19H,2-7,14-16H2,1H3. The number of carbonyl (C=O) groups is 1. The lowest BCUT2D eigenvalue weighted by Gasteiger charge is -2.26. The molecule has 0 N–H and O–H groups in total. The summed E-state index contributed by atoms with van der Waals surface area (Å²) in [5, 5.41) is 0. The van der Waals surface area contributed by atoms with E-state index in [2.05, 4.69) is 26.6 Å². The van der Waals surface area contributed by atoms with Crippen molar-refractivity contribution in [1.29, 1.82) is 0 Å². The van der Waals surface area contributed by atoms with E-state index in [0.717, 1.165) is 37.5 Å². The summed E-state index contributed by atoms with van der Waals surface area (Å²) in [6.07, 6.45) is 10.9. The van der Waals surface area contributed by atoms with E-state index < -0.39 is 0 Å². The minimum Gasteiger partial charge on any atom is -0.497 e. The molecule has 0 radical (unpaired) electrons. The number of rotatable bonds is 8. The van der Waals surface area contributed by atoms with Crippen molar-refractivity contribution in [2.45, 2.75) is 51.6 Å². The van der Waals surface area contributed by atoms with Gasteiger partial charge in [-0.25, -0.2) is 4.98 Å². The Morgan fingerprint density at radius 2 is 1.93 bits per heavy atom. The first-order valence-electron chi connectivity index (χ1n) is 10.1. The van der Waals surface area contributed by atoms with Crippen molar-refractivity contribution in [3.05, 3.63) is 48.0 Å². The Bertz CT molecular complexity index is 758. The van der Waals surface area contributed by atoms with Crippen molar-refractivity contribution in [3.63, 3.8) is 0 Å². The van der Waals surface area contributed by atoms with Crippen LogP contribution < -0.4 is 4.74 Å². The van der Waals surface area contributed by atoms with Gasteiger partial charge in [0.25, 0.3) is 0 Å². The van der Waals surface area contributed by atoms with Crippen molar-refractivity contribution in [3.8, 4) is 5.75 Å². The molecule has 0 atom stereocenters. The summed E-state index contributed by atoms with van der Waals surface area (Å²) < 4.78 is 7.39. The maximum absolute atomic E-state index is 13.1. The van der Waals surface area contributed by atoms with E-state index in [0.29, 0.717) is 18.4 Å². The summed E-state index contributed by atoms with van der Waals surface area (Å²) in [5.41, 5.74) is 1.20. The van der Waals surface area contributed by atoms with Gasteiger partial charge in [0.1, 0.15) is 11.6 Å². The van der Waals surface area contributed by atoms with Crippen LogP contribution in [0.4, 0.5) is 0 Å². The minimum atomic E-state index is 0.230. The third-order valence-corrected chi connectivity index (χ3v) is 5.84. The molecule has 2 fully saturated rings. The van der Waals surface area contributed by atoms with Crippen molar-refractivity contribution >= 4 is 5.91 Å². The molecule has 144 valence electrons. The number of nitrogens with zero attached hydrogens (tertiary/aromatic N) is 3. The Kier molecular flexibility index (Phi) is 5.46. The van der Waals surface area contributed by atoms with Gasteiger partial charge in [-0.3, -0.25) is 4.79 Å². The molecule has 4 rings (SSSR count). The molecule has 0 aliphatic heterocycles. The average molecular weight is 367 g/mol. The molecule has 0 unspecified atom stereocenters. The third-order valence-electron chi connectivity index (χ3n) is 5.84. The number of hydrogen-bond acceptors (Lipinski definition) is 3. The van der Waals surface area contributed by atoms with Gasteiger partial charge in [-0.2, -0.15) is 0 Å². The van der Waals surface area contributed by atoms with E-state index in [1.165, 1.54) is 31.2 Å². The van der Waals surface area contributed by atoms with Gasteiger partial charge < -0.3 is 14.2 Å². The van der Waals surface area contributed by atoms with Gasteiger partial charge >= 0.3 is 0 Å². The van der Waals surface area contributed by atoms with E-state index in [4.69, 9.17) is 4.74 Å². The molecule has 5 nitrogen and oxygen atoms in total. The smallest absolute Gasteiger partial charge is 0.226 e. The molecule has 2 aliphatic rings. The van der Waals surface area contributed by atoms with Gasteiger partial charge in [-0.15, -0.1) is 0 Å². The molecule has 0 bridgehead atoms. The average Bonchev–Trinajstić information content (AvgIpc) is 3.16. The summed E-state index contributed by atoms with van der Waals surface area (Å²) in [6.45, 7) is 2.27. The highest BCUT2D eigenvalue weighted by molar-refractivity contribution is 5.79. The molecular weight excluding hydrogens is 338 g/mol. The van der Waals surface area contributed by atoms with Crippen LogP contribution in [-0.4, -0.2) is 34.0 Å². The zero-order valence-corrected chi connectivity index (χ0v) is 16.1. The Morgan fingerprint density at radius 1 is 1.19 bits per heavy atom. The molecule has 1 amide bonds. The lowest BCUT2D eigenvalue weighted by Crippen LogP contribution is -2.37. The zero-order valence-electron chi connectivity index (χ0n) is 16.1. The van der Waals surface area contributed by atoms with Gasteiger partial charge in [-0.1, -0.05) is 25.0 Å². The van der Waals surface area contributed by atoms with Crippen LogP contribution in [0.3, 0.4) is 0 Å². The highest BCUT2D eigenvalue weighted by atomic mass is 16.5. The molecule has 1 aromatic carbocycles. The van der Waals surface area contributed by atoms with E-state index >= 15 is 0 Å². The summed E-state index contributed by atoms with van der Waals surface area (Å²) in [4.78, 5) is 19.7. The van der Waals surface area contributed by atoms with Crippen LogP contribution in [0.25, 0.3) is 0 Å². The monoisotopic (exact) mass is 367 g/mol. The Balaban J connectivity index is 1.46. The first kappa shape index (κ1) is 18.1. The fourth-order valence-corrected chi connectivity index (χ4v) is 4.01. The van der Waals surface area contributed by atoms with E-state index in [1.54, 1.807) is 7.11 Å². The fraction of sp³-hybridized carbons (Fsp3) is 0.545. The van der Waals surface area contributed by atoms with Gasteiger partial charge in [0.05, 0.1) is 13.7 Å². The van der Waals surface area contributed by atoms with Crippen LogP contribution in [0.2, 0.25) is 0 Å². The summed E-state index contributed by atoms with van der Waals surface area (Å²) in [6, 6.07) is 8.12. The number of benzene rings is 1. The second-order valence-corrected chi connectivity index (χ2v) is 7.96. The van der Waals surface area contributed by atoms with Gasteiger partial charge in [0.2, 0.25) is 5.91 Å². The molecule has 1 aromatic heterocycles. The highest BCUT2D eigenvalue weighted by Crippen LogP contribution is 2.33. The van der Waals surface area contributed by atoms with Crippen LogP contribution in [0.1, 0.15) is 49.9 Å². The van der Waals surface area contributed by atoms with Gasteiger partial charge in [0, 0.05) is 31.4 Å². The second kappa shape index (κ2) is 8.15. The van der Waals surface area contributed by atoms with Crippen LogP contribution >= 0.6 is 0 Å². The minimum absolute atomic E-state index is 0.230. The number of imidazole rings is 1. The van der Waals surface area contributed by atoms with E-state index in [1.807, 2.05) is 24.5 Å². The molecule has 0 saturated heterocycles. The number of carbonyl (C=O) groups excluding carboxylic acids is 1. The fourth-order valence-electron chi connectivity index (χ4n) is 4.01. The van der Waals surface area contributed by atoms with Gasteiger partial charge in [0.15, 0.2) is 0 Å². The van der Waals surface area contributed by atoms with Crippen molar-refractivity contribution < 1.29 is 9.53 Å². The number of aromatic nitrogens is 2. The summed E-state index contributed by atoms with van der Waals surface area (Å²) in [7, 11) is 1.68. The quantitative estimate of drug-likeness (QED) is 0.712. The zero-order chi connectivity index (χ0) is 18.6. The van der Waals surface area contributed by atoms with E-state index in [-0.39, 0.29) is 5.92 Å². The lowest BCUT2D eigenvalue weighted by molar-refractivity contribution is -0.136. The van der Waals surface area contributed by atoms with Crippen LogP contribution in [-0.2, 0) is 17.9 Å². The maximum atomic E-state index is 13.1. The number of ether oxygens (including phenoxy) is 1. The molecular formula is C22H29N3O2. The van der Waals surface area contributed by atoms with E-state index in [9.17, 15) is 4.79 Å². The summed E-state index contributed by atoms with van der Waals surface area (Å²) >= 11 is 0. The van der Waals surface area contributed by atoms with Gasteiger partial charge in [-0.05, 0) is 49.3 Å². The molecule has 2 aromatic rings. The molecule has 2 aliphatic carbocycles. The topological polar surface area (TPSA) is 47.4 Å². The predicted octanol–water partition coefficient (Wildman–Crippen LogP) is 3.87. The SMILES string of the molecule is COc1ccc(Cn2ccnc2CN(CC2CC2)C(=O)C2CCCC2)cc1. The van der Waals surface area contributed by atoms with Crippen LogP contribution in [0.5, 0.6) is 5.75 Å². The summed E-state index contributed by atoms with van der Waals surface area (Å²) in [5.74, 6) is 3.10. The molecule has 1 heterocycles. The third kappa shape index (κ3) is 4.52. The Labute approximate surface area is 161 Å². The number of hydrogen-bond donors (Lipinski definition) is 0. The highest BCUT2D eigenvalue weighted by Gasteiger charge is 2.32. The first-order chi connectivity index (χ1) is 13.2. The Hall–Kier alpha value is -2.30. The molecule has 0 spiro atoms. The Morgan fingerprint density at radius 3 is 2.59 bits per heavy atom. The van der Waals surface area contributed by atoms with Crippen molar-refractivity contribution in [1.82, 2.24) is 14.5 Å². The number of methoxy groups -OCH3 is 1. The van der Waals surface area contributed by atoms with Crippen molar-refractivity contribution in [2.24, 2.45) is 11.8 Å². The first-order valence-corrected chi connectivity index (χ1v) is 10.1. The molecule has 2 saturated carbocycles. The predicted molar refractivity (Wildman–Crippen MR) is 104 cm³/mol. The van der Waals surface area contributed by atoms with Crippen LogP contribution in [0, 0.1) is 11.8 Å². The molecule has 5 heteroatoms. The maximum Gasteiger partial charge on any atom is 0.226 e. The lowest BCUT2D eigenvalue weighted by atomic mass is 10.1. The van der Waals surface area contributed by atoms with Crippen molar-refractivity contribution in [2.75, 3.05) is 13.7 Å². The largest absolute Gasteiger partial charge is 0.497 e.